The van der Waals surface area contributed by atoms with Gasteiger partial charge in [0, 0.05) is 5.69 Å². The fraction of sp³-hybridized carbons (Fsp3) is 0.143. The van der Waals surface area contributed by atoms with Gasteiger partial charge in [0.25, 0.3) is 0 Å². The molecule has 0 aliphatic rings. The third kappa shape index (κ3) is 2.91. The first kappa shape index (κ1) is 11.3. The highest BCUT2D eigenvalue weighted by atomic mass is 15.1. The van der Waals surface area contributed by atoms with E-state index < -0.39 is 0 Å². The van der Waals surface area contributed by atoms with Gasteiger partial charge in [0.15, 0.2) is 0 Å². The zero-order valence-corrected chi connectivity index (χ0v) is 10.0. The number of aryl methyl sites for hydroxylation is 2. The highest BCUT2D eigenvalue weighted by molar-refractivity contribution is 5.54. The van der Waals surface area contributed by atoms with Crippen molar-refractivity contribution < 1.29 is 0 Å². The molecule has 2 rings (SSSR count). The minimum absolute atomic E-state index is 0.747. The Hall–Kier alpha value is -2.16. The van der Waals surface area contributed by atoms with Crippen LogP contribution in [0.15, 0.2) is 52.7 Å². The maximum Gasteiger partial charge on any atom is 0.0887 e. The van der Waals surface area contributed by atoms with Gasteiger partial charge < -0.3 is 5.73 Å². The number of azo groups is 1. The molecule has 0 saturated carbocycles. The lowest BCUT2D eigenvalue weighted by molar-refractivity contribution is 1.21. The van der Waals surface area contributed by atoms with Crippen LogP contribution < -0.4 is 5.73 Å². The van der Waals surface area contributed by atoms with Crippen molar-refractivity contribution >= 4 is 17.1 Å². The van der Waals surface area contributed by atoms with Crippen molar-refractivity contribution in [1.29, 1.82) is 0 Å². The van der Waals surface area contributed by atoms with Gasteiger partial charge in [0.2, 0.25) is 0 Å². The molecule has 0 atom stereocenters. The lowest BCUT2D eigenvalue weighted by Gasteiger charge is -2.00. The second kappa shape index (κ2) is 4.78. The highest BCUT2D eigenvalue weighted by Gasteiger charge is 1.96. The Balaban J connectivity index is 2.23. The van der Waals surface area contributed by atoms with E-state index in [1.807, 2.05) is 56.3 Å². The van der Waals surface area contributed by atoms with Gasteiger partial charge in [-0.25, -0.2) is 0 Å². The Morgan fingerprint density at radius 2 is 1.59 bits per heavy atom. The van der Waals surface area contributed by atoms with Crippen LogP contribution in [0.1, 0.15) is 11.1 Å². The molecule has 0 unspecified atom stereocenters. The summed E-state index contributed by atoms with van der Waals surface area (Å²) in [6.07, 6.45) is 0. The Bertz CT molecular complexity index is 542. The number of nitrogens with two attached hydrogens (primary N) is 1. The first-order valence-corrected chi connectivity index (χ1v) is 5.50. The minimum Gasteiger partial charge on any atom is -0.399 e. The number of rotatable bonds is 2. The first-order valence-electron chi connectivity index (χ1n) is 5.50. The highest BCUT2D eigenvalue weighted by Crippen LogP contribution is 2.23. The molecule has 0 aliphatic carbocycles. The predicted octanol–water partition coefficient (Wildman–Crippen LogP) is 4.30. The standard InChI is InChI=1S/C14H15N3/c1-10-3-6-13(7-4-10)16-17-14-8-5-12(15)9-11(14)2/h3-9H,15H2,1-2H3/b17-16+. The Morgan fingerprint density at radius 1 is 0.882 bits per heavy atom. The molecule has 17 heavy (non-hydrogen) atoms. The number of nitrogen functional groups attached to an aromatic ring is 1. The van der Waals surface area contributed by atoms with Gasteiger partial charge >= 0.3 is 0 Å². The molecule has 86 valence electrons. The summed E-state index contributed by atoms with van der Waals surface area (Å²) in [7, 11) is 0. The fourth-order valence-electron chi connectivity index (χ4n) is 1.51. The van der Waals surface area contributed by atoms with Crippen LogP contribution in [-0.2, 0) is 0 Å². The largest absolute Gasteiger partial charge is 0.399 e. The lowest BCUT2D eigenvalue weighted by Crippen LogP contribution is -1.84. The van der Waals surface area contributed by atoms with Crippen LogP contribution >= 0.6 is 0 Å². The quantitative estimate of drug-likeness (QED) is 0.601. The third-order valence-electron chi connectivity index (χ3n) is 2.53. The molecule has 0 fully saturated rings. The molecule has 2 aromatic carbocycles. The van der Waals surface area contributed by atoms with E-state index in [1.54, 1.807) is 0 Å². The summed E-state index contributed by atoms with van der Waals surface area (Å²) in [6, 6.07) is 13.5. The van der Waals surface area contributed by atoms with Crippen molar-refractivity contribution in [3.8, 4) is 0 Å². The normalized spacial score (nSPS) is 10.9. The number of hydrogen-bond acceptors (Lipinski definition) is 3. The smallest absolute Gasteiger partial charge is 0.0887 e. The van der Waals surface area contributed by atoms with Gasteiger partial charge in [-0.05, 0) is 49.7 Å². The molecule has 0 amide bonds. The molecular formula is C14H15N3. The summed E-state index contributed by atoms with van der Waals surface area (Å²) in [4.78, 5) is 0. The molecular weight excluding hydrogens is 210 g/mol. The zero-order chi connectivity index (χ0) is 12.3. The third-order valence-corrected chi connectivity index (χ3v) is 2.53. The van der Waals surface area contributed by atoms with E-state index in [2.05, 4.69) is 10.2 Å². The Labute approximate surface area is 101 Å². The van der Waals surface area contributed by atoms with Crippen molar-refractivity contribution in [2.24, 2.45) is 10.2 Å². The van der Waals surface area contributed by atoms with Crippen molar-refractivity contribution in [2.45, 2.75) is 13.8 Å². The molecule has 0 heterocycles. The maximum atomic E-state index is 5.68. The van der Waals surface area contributed by atoms with E-state index in [4.69, 9.17) is 5.73 Å². The van der Waals surface area contributed by atoms with Gasteiger partial charge in [-0.3, -0.25) is 0 Å². The van der Waals surface area contributed by atoms with Crippen LogP contribution in [0.2, 0.25) is 0 Å². The van der Waals surface area contributed by atoms with Crippen LogP contribution in [-0.4, -0.2) is 0 Å². The molecule has 0 radical (unpaired) electrons. The molecule has 3 nitrogen and oxygen atoms in total. The number of hydrogen-bond donors (Lipinski definition) is 1. The molecule has 0 bridgehead atoms. The topological polar surface area (TPSA) is 50.7 Å². The van der Waals surface area contributed by atoms with Crippen molar-refractivity contribution in [2.75, 3.05) is 5.73 Å². The summed E-state index contributed by atoms with van der Waals surface area (Å²) in [5, 5.41) is 8.41. The number of nitrogens with zero attached hydrogens (tertiary/aromatic N) is 2. The summed E-state index contributed by atoms with van der Waals surface area (Å²) in [5.41, 5.74) is 10.4. The van der Waals surface area contributed by atoms with Crippen molar-refractivity contribution in [3.05, 3.63) is 53.6 Å². The molecule has 0 spiro atoms. The lowest BCUT2D eigenvalue weighted by atomic mass is 10.2. The Kier molecular flexibility index (Phi) is 3.19. The monoisotopic (exact) mass is 225 g/mol. The van der Waals surface area contributed by atoms with Gasteiger partial charge in [-0.1, -0.05) is 17.7 Å². The van der Waals surface area contributed by atoms with Crippen LogP contribution in [0.4, 0.5) is 17.1 Å². The summed E-state index contributed by atoms with van der Waals surface area (Å²) in [5.74, 6) is 0. The zero-order valence-electron chi connectivity index (χ0n) is 10.0. The minimum atomic E-state index is 0.747. The van der Waals surface area contributed by atoms with Crippen LogP contribution in [0, 0.1) is 13.8 Å². The average molecular weight is 225 g/mol. The average Bonchev–Trinajstić information content (AvgIpc) is 2.30. The molecule has 2 aromatic rings. The van der Waals surface area contributed by atoms with Gasteiger partial charge in [0.1, 0.15) is 0 Å². The van der Waals surface area contributed by atoms with Crippen LogP contribution in [0.3, 0.4) is 0 Å². The fourth-order valence-corrected chi connectivity index (χ4v) is 1.51. The Morgan fingerprint density at radius 3 is 2.24 bits per heavy atom. The number of benzene rings is 2. The maximum absolute atomic E-state index is 5.68. The van der Waals surface area contributed by atoms with Gasteiger partial charge in [-0.2, -0.15) is 10.2 Å². The predicted molar refractivity (Wildman–Crippen MR) is 70.9 cm³/mol. The van der Waals surface area contributed by atoms with Gasteiger partial charge in [0.05, 0.1) is 11.4 Å². The second-order valence-electron chi connectivity index (χ2n) is 4.08. The molecule has 0 saturated heterocycles. The van der Waals surface area contributed by atoms with E-state index >= 15 is 0 Å². The van der Waals surface area contributed by atoms with E-state index in [0.29, 0.717) is 0 Å². The van der Waals surface area contributed by atoms with Crippen LogP contribution in [0.25, 0.3) is 0 Å². The first-order chi connectivity index (χ1) is 8.15. The van der Waals surface area contributed by atoms with E-state index in [1.165, 1.54) is 5.56 Å². The summed E-state index contributed by atoms with van der Waals surface area (Å²) in [6.45, 7) is 4.02. The van der Waals surface area contributed by atoms with Gasteiger partial charge in [-0.15, -0.1) is 0 Å². The molecule has 3 heteroatoms. The molecule has 0 aromatic heterocycles. The van der Waals surface area contributed by atoms with E-state index in [-0.39, 0.29) is 0 Å². The van der Waals surface area contributed by atoms with Crippen LogP contribution in [0.5, 0.6) is 0 Å². The van der Waals surface area contributed by atoms with Crippen molar-refractivity contribution in [3.63, 3.8) is 0 Å². The summed E-state index contributed by atoms with van der Waals surface area (Å²) < 4.78 is 0. The van der Waals surface area contributed by atoms with E-state index in [0.717, 1.165) is 22.6 Å². The second-order valence-corrected chi connectivity index (χ2v) is 4.08. The number of anilines is 1. The summed E-state index contributed by atoms with van der Waals surface area (Å²) >= 11 is 0. The van der Waals surface area contributed by atoms with E-state index in [9.17, 15) is 0 Å². The molecule has 0 aliphatic heterocycles. The van der Waals surface area contributed by atoms with Crippen molar-refractivity contribution in [1.82, 2.24) is 0 Å². The SMILES string of the molecule is Cc1ccc(/N=N/c2ccc(N)cc2C)cc1. The molecule has 2 N–H and O–H groups in total.